The van der Waals surface area contributed by atoms with Crippen molar-refractivity contribution in [2.45, 2.75) is 0 Å². The predicted molar refractivity (Wildman–Crippen MR) is 11.3 cm³/mol. The van der Waals surface area contributed by atoms with Gasteiger partial charge in [0.15, 0.2) is 0 Å². The Morgan fingerprint density at radius 2 is 1.29 bits per heavy atom. The van der Waals surface area contributed by atoms with Crippen LogP contribution < -0.4 is 18.9 Å². The third kappa shape index (κ3) is 3560. The van der Waals surface area contributed by atoms with Crippen molar-refractivity contribution in [2.24, 2.45) is 0 Å². The number of carboxylic acid groups (broad SMARTS) is 2. The van der Waals surface area contributed by atoms with E-state index < -0.39 is 6.16 Å². The van der Waals surface area contributed by atoms with Crippen molar-refractivity contribution in [3.05, 3.63) is 0 Å². The summed E-state index contributed by atoms with van der Waals surface area (Å²) in [4.78, 5) is 8.56. The fraction of sp³-hybridized carbons (Fsp3) is 0. The predicted octanol–water partition coefficient (Wildman–Crippen LogP) is -2.89. The van der Waals surface area contributed by atoms with E-state index in [0.717, 1.165) is 0 Å². The zero-order chi connectivity index (χ0) is 5.58. The van der Waals surface area contributed by atoms with Gasteiger partial charge in [-0.1, -0.05) is 0 Å². The molecule has 0 aliphatic carbocycles. The summed E-state index contributed by atoms with van der Waals surface area (Å²) in [5, 5.41) is 13.9. The Morgan fingerprint density at radius 3 is 1.29 bits per heavy atom. The van der Waals surface area contributed by atoms with E-state index >= 15 is 0 Å². The monoisotopic (exact) mass is 144 g/mol. The first-order chi connectivity index (χ1) is 2.73. The molecule has 6 heteroatoms. The van der Waals surface area contributed by atoms with Crippen LogP contribution in [0.25, 0.3) is 0 Å². The molecule has 0 amide bonds. The molecule has 0 aliphatic heterocycles. The second-order valence-corrected chi connectivity index (χ2v) is 0.283. The maximum absolute atomic E-state index is 8.56. The Morgan fingerprint density at radius 1 is 1.29 bits per heavy atom. The molecule has 0 fully saturated rings. The van der Waals surface area contributed by atoms with Crippen LogP contribution in [-0.4, -0.2) is 16.4 Å². The van der Waals surface area contributed by atoms with Gasteiger partial charge in [-0.2, -0.15) is 0 Å². The topological polar surface area (TPSA) is 74.6 Å². The summed E-state index contributed by atoms with van der Waals surface area (Å²) < 4.78 is 7.94. The zero-order valence-electron chi connectivity index (χ0n) is 3.54. The van der Waals surface area contributed by atoms with E-state index in [4.69, 9.17) is 18.9 Å². The summed E-state index contributed by atoms with van der Waals surface area (Å²) in [6.45, 7) is 0. The Bertz CT molecular complexity index is 43.0. The van der Waals surface area contributed by atoms with Crippen LogP contribution in [0.4, 0.5) is 4.79 Å². The summed E-state index contributed by atoms with van der Waals surface area (Å²) in [6, 6.07) is 0. The van der Waals surface area contributed by atoms with Crippen molar-refractivity contribution in [3.63, 3.8) is 0 Å². The SMILES string of the molecule is O=C(O)O.[Li+].[O]=[Co]. The van der Waals surface area contributed by atoms with Crippen molar-refractivity contribution in [1.29, 1.82) is 0 Å². The minimum absolute atomic E-state index is 0. The van der Waals surface area contributed by atoms with E-state index in [1.54, 1.807) is 0 Å². The second kappa shape index (κ2) is 16.4. The van der Waals surface area contributed by atoms with E-state index in [1.807, 2.05) is 0 Å². The van der Waals surface area contributed by atoms with Gasteiger partial charge in [-0.25, -0.2) is 4.79 Å². The van der Waals surface area contributed by atoms with Crippen molar-refractivity contribution >= 4 is 6.16 Å². The minimum atomic E-state index is -1.83. The molecule has 4 nitrogen and oxygen atoms in total. The molecule has 0 saturated heterocycles. The number of hydrogen-bond acceptors (Lipinski definition) is 2. The van der Waals surface area contributed by atoms with E-state index in [-0.39, 0.29) is 18.9 Å². The first kappa shape index (κ1) is 15.7. The number of carbonyl (C=O) groups is 1. The van der Waals surface area contributed by atoms with E-state index in [1.165, 1.54) is 0 Å². The first-order valence-electron chi connectivity index (χ1n) is 0.787. The fourth-order valence-electron chi connectivity index (χ4n) is 0. The summed E-state index contributed by atoms with van der Waals surface area (Å²) in [5.74, 6) is 0. The molecule has 0 saturated carbocycles. The molecule has 0 atom stereocenters. The molecule has 0 aromatic carbocycles. The number of rotatable bonds is 0. The van der Waals surface area contributed by atoms with Crippen LogP contribution in [-0.2, 0) is 19.5 Å². The molecule has 7 heavy (non-hydrogen) atoms. The van der Waals surface area contributed by atoms with Gasteiger partial charge in [0, 0.05) is 0 Å². The fourth-order valence-corrected chi connectivity index (χ4v) is 0. The van der Waals surface area contributed by atoms with Gasteiger partial charge in [0.05, 0.1) is 0 Å². The van der Waals surface area contributed by atoms with Crippen LogP contribution in [0.2, 0.25) is 0 Å². The van der Waals surface area contributed by atoms with Crippen LogP contribution in [0.1, 0.15) is 0 Å². The van der Waals surface area contributed by atoms with Gasteiger partial charge < -0.3 is 10.2 Å². The first-order valence-corrected chi connectivity index (χ1v) is 1.21. The summed E-state index contributed by atoms with van der Waals surface area (Å²) >= 11 is 2.31. The Hall–Kier alpha value is 0.174. The third-order valence-electron chi connectivity index (χ3n) is 0. The van der Waals surface area contributed by atoms with E-state index in [9.17, 15) is 0 Å². The Balaban J connectivity index is -0.0000000480. The summed E-state index contributed by atoms with van der Waals surface area (Å²) in [5.41, 5.74) is 0. The average Bonchev–Trinajstić information content (AvgIpc) is 1.41. The zero-order valence-corrected chi connectivity index (χ0v) is 4.59. The quantitative estimate of drug-likeness (QED) is 0.357. The molecule has 0 unspecified atom stereocenters. The van der Waals surface area contributed by atoms with Crippen LogP contribution in [0.5, 0.6) is 0 Å². The third-order valence-corrected chi connectivity index (χ3v) is 0. The van der Waals surface area contributed by atoms with Crippen LogP contribution in [0, 0.1) is 0 Å². The standard InChI is InChI=1S/CH2O3.Co.Li.O/c2-1(3)4;;;/h(H2,2,3,4);;;/q;;+1;. The Kier molecular flexibility index (Phi) is 36.8. The second-order valence-electron chi connectivity index (χ2n) is 0.283. The van der Waals surface area contributed by atoms with E-state index in [2.05, 4.69) is 15.7 Å². The molecule has 0 bridgehead atoms. The van der Waals surface area contributed by atoms with Crippen LogP contribution in [0.3, 0.4) is 0 Å². The van der Waals surface area contributed by atoms with Crippen molar-refractivity contribution in [2.75, 3.05) is 0 Å². The summed E-state index contributed by atoms with van der Waals surface area (Å²) in [7, 11) is 0. The molecule has 0 rings (SSSR count). The Labute approximate surface area is 59.9 Å². The molecule has 2 N–H and O–H groups in total. The van der Waals surface area contributed by atoms with Crippen molar-refractivity contribution in [1.82, 2.24) is 0 Å². The molecule has 0 aliphatic rings. The molecule has 0 aromatic heterocycles. The average molecular weight is 144 g/mol. The van der Waals surface area contributed by atoms with Gasteiger partial charge in [0.2, 0.25) is 0 Å². The molecule has 0 aromatic rings. The van der Waals surface area contributed by atoms with Gasteiger partial charge in [-0.05, 0) is 0 Å². The summed E-state index contributed by atoms with van der Waals surface area (Å²) in [6.07, 6.45) is -1.83. The molecule has 0 radical (unpaired) electrons. The van der Waals surface area contributed by atoms with E-state index in [0.29, 0.717) is 0 Å². The number of hydrogen-bond donors (Lipinski definition) is 2. The maximum atomic E-state index is 8.56. The van der Waals surface area contributed by atoms with Gasteiger partial charge >= 0.3 is 44.5 Å². The molecule has 0 heterocycles. The molecule has 0 spiro atoms. The van der Waals surface area contributed by atoms with Crippen molar-refractivity contribution < 1.29 is 53.4 Å². The van der Waals surface area contributed by atoms with Crippen LogP contribution >= 0.6 is 0 Å². The van der Waals surface area contributed by atoms with Gasteiger partial charge in [0.1, 0.15) is 0 Å². The molecule has 39 valence electrons. The molecular formula is CH2CoLiO4+. The van der Waals surface area contributed by atoms with Crippen LogP contribution in [0.15, 0.2) is 0 Å². The van der Waals surface area contributed by atoms with Crippen molar-refractivity contribution in [3.8, 4) is 0 Å². The van der Waals surface area contributed by atoms with Gasteiger partial charge in [-0.15, -0.1) is 0 Å². The van der Waals surface area contributed by atoms with Gasteiger partial charge in [0.25, 0.3) is 0 Å². The molecular weight excluding hydrogens is 142 g/mol. The normalized spacial score (nSPS) is 4.14. The van der Waals surface area contributed by atoms with Gasteiger partial charge in [-0.3, -0.25) is 0 Å².